The van der Waals surface area contributed by atoms with E-state index >= 15 is 0 Å². The molecule has 1 aliphatic rings. The van der Waals surface area contributed by atoms with Gasteiger partial charge in [0.25, 0.3) is 0 Å². The average molecular weight is 268 g/mol. The van der Waals surface area contributed by atoms with Crippen LogP contribution in [0.2, 0.25) is 0 Å². The lowest BCUT2D eigenvalue weighted by Crippen LogP contribution is -2.38. The first-order valence-corrected chi connectivity index (χ1v) is 8.61. The predicted octanol–water partition coefficient (Wildman–Crippen LogP) is 5.25. The molecule has 0 saturated heterocycles. The van der Waals surface area contributed by atoms with Crippen LogP contribution < -0.4 is 5.32 Å². The van der Waals surface area contributed by atoms with Gasteiger partial charge >= 0.3 is 0 Å². The quantitative estimate of drug-likeness (QED) is 0.664. The van der Waals surface area contributed by atoms with Gasteiger partial charge in [-0.15, -0.1) is 0 Å². The monoisotopic (exact) mass is 267 g/mol. The summed E-state index contributed by atoms with van der Waals surface area (Å²) < 4.78 is 0. The summed E-state index contributed by atoms with van der Waals surface area (Å²) in [6, 6.07) is 0.628. The van der Waals surface area contributed by atoms with Crippen molar-refractivity contribution < 1.29 is 0 Å². The Balaban J connectivity index is 2.60. The Labute approximate surface area is 121 Å². The Hall–Kier alpha value is -0.0400. The largest absolute Gasteiger partial charge is 0.314 e. The van der Waals surface area contributed by atoms with Crippen molar-refractivity contribution in [2.24, 2.45) is 23.2 Å². The van der Waals surface area contributed by atoms with Gasteiger partial charge in [0.2, 0.25) is 0 Å². The first-order valence-electron chi connectivity index (χ1n) is 8.61. The molecule has 1 N–H and O–H groups in total. The minimum absolute atomic E-state index is 0.574. The van der Waals surface area contributed by atoms with Gasteiger partial charge in [-0.2, -0.15) is 0 Å². The van der Waals surface area contributed by atoms with E-state index in [0.29, 0.717) is 11.5 Å². The van der Waals surface area contributed by atoms with Gasteiger partial charge in [-0.05, 0) is 55.4 Å². The van der Waals surface area contributed by atoms with Crippen molar-refractivity contribution in [3.05, 3.63) is 0 Å². The summed E-state index contributed by atoms with van der Waals surface area (Å²) in [6.45, 7) is 15.4. The van der Waals surface area contributed by atoms with E-state index < -0.39 is 0 Å². The van der Waals surface area contributed by atoms with E-state index in [0.717, 1.165) is 17.8 Å². The summed E-state index contributed by atoms with van der Waals surface area (Å²) in [5, 5.41) is 3.68. The molecule has 2 unspecified atom stereocenters. The number of nitrogens with one attached hydrogen (secondary N) is 1. The maximum absolute atomic E-state index is 3.68. The molecule has 1 heteroatoms. The van der Waals surface area contributed by atoms with Gasteiger partial charge in [-0.1, -0.05) is 54.4 Å². The van der Waals surface area contributed by atoms with Gasteiger partial charge in [0.15, 0.2) is 0 Å². The van der Waals surface area contributed by atoms with Gasteiger partial charge < -0.3 is 5.32 Å². The molecule has 0 bridgehead atoms. The van der Waals surface area contributed by atoms with Crippen LogP contribution in [-0.4, -0.2) is 12.6 Å². The van der Waals surface area contributed by atoms with Crippen LogP contribution in [0, 0.1) is 23.2 Å². The first kappa shape index (κ1) is 17.0. The molecule has 0 amide bonds. The maximum Gasteiger partial charge on any atom is 0.00104 e. The average Bonchev–Trinajstić information content (AvgIpc) is 2.33. The topological polar surface area (TPSA) is 12.0 Å². The van der Waals surface area contributed by atoms with Crippen LogP contribution in [0.4, 0.5) is 0 Å². The van der Waals surface area contributed by atoms with Gasteiger partial charge in [0, 0.05) is 6.04 Å². The molecule has 0 heterocycles. The van der Waals surface area contributed by atoms with E-state index in [1.54, 1.807) is 0 Å². The Morgan fingerprint density at radius 2 is 1.74 bits per heavy atom. The van der Waals surface area contributed by atoms with E-state index in [1.807, 2.05) is 0 Å². The van der Waals surface area contributed by atoms with Gasteiger partial charge in [-0.3, -0.25) is 0 Å². The summed E-state index contributed by atoms with van der Waals surface area (Å²) in [7, 11) is 0. The Kier molecular flexibility index (Phi) is 6.86. The zero-order valence-corrected chi connectivity index (χ0v) is 14.3. The molecule has 1 rings (SSSR count). The lowest BCUT2D eigenvalue weighted by atomic mass is 9.64. The smallest absolute Gasteiger partial charge is 0.00104 e. The van der Waals surface area contributed by atoms with Crippen molar-refractivity contribution in [1.82, 2.24) is 5.32 Å². The second-order valence-corrected chi connectivity index (χ2v) is 7.91. The number of hydrogen-bond donors (Lipinski definition) is 1. The Bertz CT molecular complexity index is 238. The van der Waals surface area contributed by atoms with Crippen LogP contribution in [0.3, 0.4) is 0 Å². The van der Waals surface area contributed by atoms with Crippen molar-refractivity contribution >= 4 is 0 Å². The Morgan fingerprint density at radius 1 is 1.11 bits per heavy atom. The highest BCUT2D eigenvalue weighted by atomic mass is 14.9. The fourth-order valence-corrected chi connectivity index (χ4v) is 3.77. The normalized spacial score (nSPS) is 27.2. The molecule has 0 aromatic heterocycles. The van der Waals surface area contributed by atoms with E-state index in [-0.39, 0.29) is 0 Å². The van der Waals surface area contributed by atoms with Crippen molar-refractivity contribution in [3.63, 3.8) is 0 Å². The van der Waals surface area contributed by atoms with E-state index in [2.05, 4.69) is 46.9 Å². The molecule has 2 atom stereocenters. The first-order chi connectivity index (χ1) is 8.88. The molecule has 0 radical (unpaired) electrons. The molecule has 114 valence electrons. The zero-order chi connectivity index (χ0) is 14.5. The summed E-state index contributed by atoms with van der Waals surface area (Å²) in [5.74, 6) is 2.80. The highest BCUT2D eigenvalue weighted by molar-refractivity contribution is 4.87. The summed E-state index contributed by atoms with van der Waals surface area (Å²) >= 11 is 0. The van der Waals surface area contributed by atoms with Crippen LogP contribution >= 0.6 is 0 Å². The summed E-state index contributed by atoms with van der Waals surface area (Å²) in [4.78, 5) is 0. The molecule has 1 nitrogen and oxygen atoms in total. The lowest BCUT2D eigenvalue weighted by Gasteiger charge is -2.42. The Morgan fingerprint density at radius 3 is 2.26 bits per heavy atom. The SMILES string of the molecule is CCC(CC)CC1CC(C)(C)CCC1CNC(C)C. The van der Waals surface area contributed by atoms with Crippen LogP contribution in [0.25, 0.3) is 0 Å². The molecular formula is C18H37N. The van der Waals surface area contributed by atoms with Crippen LogP contribution in [0.5, 0.6) is 0 Å². The molecule has 1 aliphatic carbocycles. The third-order valence-electron chi connectivity index (χ3n) is 5.25. The van der Waals surface area contributed by atoms with Gasteiger partial charge in [-0.25, -0.2) is 0 Å². The fourth-order valence-electron chi connectivity index (χ4n) is 3.77. The molecule has 0 spiro atoms. The highest BCUT2D eigenvalue weighted by Crippen LogP contribution is 2.44. The standard InChI is InChI=1S/C18H37N/c1-7-15(8-2)11-17-12-18(5,6)10-9-16(17)13-19-14(3)4/h14-17,19H,7-13H2,1-6H3. The van der Waals surface area contributed by atoms with E-state index in [4.69, 9.17) is 0 Å². The maximum atomic E-state index is 3.68. The molecule has 1 fully saturated rings. The van der Waals surface area contributed by atoms with E-state index in [1.165, 1.54) is 45.1 Å². The van der Waals surface area contributed by atoms with Crippen LogP contribution in [0.15, 0.2) is 0 Å². The number of hydrogen-bond acceptors (Lipinski definition) is 1. The lowest BCUT2D eigenvalue weighted by molar-refractivity contribution is 0.0942. The number of rotatable bonds is 7. The van der Waals surface area contributed by atoms with Crippen molar-refractivity contribution in [1.29, 1.82) is 0 Å². The van der Waals surface area contributed by atoms with Gasteiger partial charge in [0.05, 0.1) is 0 Å². The van der Waals surface area contributed by atoms with Crippen molar-refractivity contribution in [3.8, 4) is 0 Å². The van der Waals surface area contributed by atoms with Crippen LogP contribution in [-0.2, 0) is 0 Å². The predicted molar refractivity (Wildman–Crippen MR) is 86.4 cm³/mol. The second-order valence-electron chi connectivity index (χ2n) is 7.91. The molecule has 0 aromatic rings. The second kappa shape index (κ2) is 7.67. The van der Waals surface area contributed by atoms with Crippen molar-refractivity contribution in [2.45, 2.75) is 86.1 Å². The molecular weight excluding hydrogens is 230 g/mol. The molecule has 0 aliphatic heterocycles. The minimum atomic E-state index is 0.574. The third-order valence-corrected chi connectivity index (χ3v) is 5.25. The van der Waals surface area contributed by atoms with Crippen molar-refractivity contribution in [2.75, 3.05) is 6.54 Å². The summed E-state index contributed by atoms with van der Waals surface area (Å²) in [6.07, 6.45) is 8.46. The van der Waals surface area contributed by atoms with Crippen LogP contribution in [0.1, 0.15) is 80.1 Å². The molecule has 19 heavy (non-hydrogen) atoms. The molecule has 0 aromatic carbocycles. The zero-order valence-electron chi connectivity index (χ0n) is 14.3. The summed E-state index contributed by atoms with van der Waals surface area (Å²) in [5.41, 5.74) is 0.574. The minimum Gasteiger partial charge on any atom is -0.314 e. The highest BCUT2D eigenvalue weighted by Gasteiger charge is 2.35. The van der Waals surface area contributed by atoms with Gasteiger partial charge in [0.1, 0.15) is 0 Å². The third kappa shape index (κ3) is 5.85. The molecule has 1 saturated carbocycles. The van der Waals surface area contributed by atoms with E-state index in [9.17, 15) is 0 Å². The fraction of sp³-hybridized carbons (Fsp3) is 1.00.